The van der Waals surface area contributed by atoms with Crippen molar-refractivity contribution in [1.29, 1.82) is 0 Å². The minimum absolute atomic E-state index is 0.0256. The lowest BCUT2D eigenvalue weighted by molar-refractivity contribution is 0.0360. The zero-order valence-corrected chi connectivity index (χ0v) is 25.8. The van der Waals surface area contributed by atoms with Crippen LogP contribution in [0.1, 0.15) is 57.8 Å². The van der Waals surface area contributed by atoms with E-state index >= 15 is 0 Å². The molecule has 1 spiro atoms. The van der Waals surface area contributed by atoms with Crippen LogP contribution in [0.2, 0.25) is 0 Å². The molecule has 0 unspecified atom stereocenters. The predicted molar refractivity (Wildman–Crippen MR) is 173 cm³/mol. The van der Waals surface area contributed by atoms with E-state index < -0.39 is 0 Å². The van der Waals surface area contributed by atoms with Gasteiger partial charge in [-0.1, -0.05) is 48.5 Å². The predicted octanol–water partition coefficient (Wildman–Crippen LogP) is 5.42. The normalized spacial score (nSPS) is 17.4. The van der Waals surface area contributed by atoms with Crippen LogP contribution in [0.15, 0.2) is 91.4 Å². The van der Waals surface area contributed by atoms with Gasteiger partial charge in [0.05, 0.1) is 18.4 Å². The molecule has 2 aliphatic heterocycles. The number of aromatic nitrogens is 3. The van der Waals surface area contributed by atoms with E-state index in [9.17, 15) is 9.59 Å². The van der Waals surface area contributed by atoms with Gasteiger partial charge in [-0.3, -0.25) is 14.6 Å². The fourth-order valence-electron chi connectivity index (χ4n) is 6.38. The van der Waals surface area contributed by atoms with Crippen LogP contribution in [0, 0.1) is 12.3 Å². The number of aryl methyl sites for hydroxylation is 1. The zero-order valence-electron chi connectivity index (χ0n) is 25.8. The monoisotopic (exact) mass is 604 g/mol. The van der Waals surface area contributed by atoms with E-state index in [1.807, 2.05) is 83.5 Å². The third kappa shape index (κ3) is 7.30. The molecule has 9 nitrogen and oxygen atoms in total. The maximum absolute atomic E-state index is 14.2. The summed E-state index contributed by atoms with van der Waals surface area (Å²) in [6, 6.07) is 23.2. The fraction of sp³-hybridized carbons (Fsp3) is 0.361. The number of hydrogen-bond acceptors (Lipinski definition) is 7. The number of hydrogen-bond donors (Lipinski definition) is 0. The first kappa shape index (κ1) is 30.2. The van der Waals surface area contributed by atoms with Crippen molar-refractivity contribution in [2.45, 2.75) is 39.2 Å². The van der Waals surface area contributed by atoms with Gasteiger partial charge in [0, 0.05) is 62.8 Å². The Hall–Kier alpha value is -4.79. The molecule has 2 aromatic heterocycles. The van der Waals surface area contributed by atoms with Crippen molar-refractivity contribution in [3.05, 3.63) is 114 Å². The molecule has 0 bridgehead atoms. The average Bonchev–Trinajstić information content (AvgIpc) is 3.09. The molecule has 0 atom stereocenters. The number of piperidine rings is 1. The molecule has 4 aromatic rings. The van der Waals surface area contributed by atoms with Gasteiger partial charge in [0.25, 0.3) is 11.8 Å². The van der Waals surface area contributed by atoms with E-state index in [1.54, 1.807) is 24.7 Å². The van der Waals surface area contributed by atoms with E-state index in [4.69, 9.17) is 4.74 Å². The molecule has 2 aliphatic rings. The van der Waals surface area contributed by atoms with E-state index in [2.05, 4.69) is 19.9 Å². The van der Waals surface area contributed by atoms with Gasteiger partial charge in [0.1, 0.15) is 17.3 Å². The van der Waals surface area contributed by atoms with E-state index in [0.29, 0.717) is 56.3 Å². The van der Waals surface area contributed by atoms with E-state index in [0.717, 1.165) is 49.3 Å². The molecule has 2 aromatic carbocycles. The van der Waals surface area contributed by atoms with Crippen LogP contribution in [-0.2, 0) is 6.54 Å². The third-order valence-electron chi connectivity index (χ3n) is 9.02. The number of benzene rings is 2. The van der Waals surface area contributed by atoms with Crippen molar-refractivity contribution in [3.8, 4) is 5.75 Å². The molecular formula is C36H40N6O3. The lowest BCUT2D eigenvalue weighted by Gasteiger charge is -2.42. The average molecular weight is 605 g/mol. The van der Waals surface area contributed by atoms with Crippen LogP contribution < -0.4 is 9.64 Å². The maximum Gasteiger partial charge on any atom is 0.272 e. The summed E-state index contributed by atoms with van der Waals surface area (Å²) in [4.78, 5) is 46.9. The molecule has 1 saturated heterocycles. The number of likely N-dealkylation sites (tertiary alicyclic amines) is 1. The number of nitrogens with zero attached hydrogens (tertiary/aromatic N) is 6. The summed E-state index contributed by atoms with van der Waals surface area (Å²) in [6.07, 6.45) is 8.65. The summed E-state index contributed by atoms with van der Waals surface area (Å²) in [7, 11) is 0. The van der Waals surface area contributed by atoms with Gasteiger partial charge in [0.2, 0.25) is 0 Å². The number of pyridine rings is 1. The smallest absolute Gasteiger partial charge is 0.272 e. The molecule has 0 radical (unpaired) electrons. The Bertz CT molecular complexity index is 1590. The Balaban J connectivity index is 1.27. The van der Waals surface area contributed by atoms with Crippen LogP contribution in [0.25, 0.3) is 0 Å². The molecule has 1 fully saturated rings. The van der Waals surface area contributed by atoms with Crippen molar-refractivity contribution in [2.75, 3.05) is 44.2 Å². The number of ether oxygens (including phenoxy) is 1. The molecule has 0 N–H and O–H groups in total. The summed E-state index contributed by atoms with van der Waals surface area (Å²) in [5.41, 5.74) is 2.82. The highest BCUT2D eigenvalue weighted by atomic mass is 16.5. The second-order valence-corrected chi connectivity index (χ2v) is 12.1. The van der Waals surface area contributed by atoms with Crippen LogP contribution >= 0.6 is 0 Å². The number of para-hydroxylation sites is 1. The van der Waals surface area contributed by atoms with Gasteiger partial charge in [0.15, 0.2) is 0 Å². The number of anilines is 1. The fourth-order valence-corrected chi connectivity index (χ4v) is 6.38. The molecule has 0 saturated carbocycles. The lowest BCUT2D eigenvalue weighted by Crippen LogP contribution is -2.46. The minimum atomic E-state index is -0.140. The minimum Gasteiger partial charge on any atom is -0.492 e. The number of fused-ring (bicyclic) bond motifs is 1. The Kier molecular flexibility index (Phi) is 9.33. The topological polar surface area (TPSA) is 91.8 Å². The van der Waals surface area contributed by atoms with Gasteiger partial charge in [-0.25, -0.2) is 9.97 Å². The summed E-state index contributed by atoms with van der Waals surface area (Å²) in [6.45, 7) is 6.07. The summed E-state index contributed by atoms with van der Waals surface area (Å²) in [5, 5.41) is 0. The first-order valence-corrected chi connectivity index (χ1v) is 15.8. The van der Waals surface area contributed by atoms with E-state index in [-0.39, 0.29) is 17.2 Å². The molecule has 2 amide bonds. The number of rotatable bonds is 4. The number of carbonyl (C=O) groups is 2. The highest BCUT2D eigenvalue weighted by Crippen LogP contribution is 2.38. The van der Waals surface area contributed by atoms with Gasteiger partial charge in [-0.05, 0) is 62.4 Å². The Morgan fingerprint density at radius 1 is 0.867 bits per heavy atom. The summed E-state index contributed by atoms with van der Waals surface area (Å²) in [5.74, 6) is 1.32. The van der Waals surface area contributed by atoms with Crippen LogP contribution in [0.3, 0.4) is 0 Å². The Morgan fingerprint density at radius 2 is 1.67 bits per heavy atom. The van der Waals surface area contributed by atoms with Crippen molar-refractivity contribution in [1.82, 2.24) is 24.8 Å². The molecule has 232 valence electrons. The van der Waals surface area contributed by atoms with Crippen LogP contribution in [0.4, 0.5) is 5.82 Å². The van der Waals surface area contributed by atoms with Gasteiger partial charge in [-0.2, -0.15) is 0 Å². The summed E-state index contributed by atoms with van der Waals surface area (Å²) >= 11 is 0. The highest BCUT2D eigenvalue weighted by molar-refractivity contribution is 5.97. The zero-order chi connectivity index (χ0) is 31.1. The van der Waals surface area contributed by atoms with Crippen LogP contribution in [-0.4, -0.2) is 75.9 Å². The summed E-state index contributed by atoms with van der Waals surface area (Å²) < 4.78 is 6.57. The first-order chi connectivity index (χ1) is 22.0. The SMILES string of the molecule is Cc1cccc(C(=O)N2CCC3(CCCN(c4cnccn4)CCN(Cc4ccccc4)C(=O)c4ccccc4OC3)CC2)n1. The molecule has 9 heteroatoms. The van der Waals surface area contributed by atoms with Crippen molar-refractivity contribution >= 4 is 17.6 Å². The largest absolute Gasteiger partial charge is 0.492 e. The number of amides is 2. The second kappa shape index (κ2) is 13.9. The van der Waals surface area contributed by atoms with Gasteiger partial charge in [-0.15, -0.1) is 0 Å². The third-order valence-corrected chi connectivity index (χ3v) is 9.02. The highest BCUT2D eigenvalue weighted by Gasteiger charge is 2.37. The molecule has 6 rings (SSSR count). The van der Waals surface area contributed by atoms with Crippen molar-refractivity contribution < 1.29 is 14.3 Å². The standard InChI is InChI=1S/C36H40N6O3/c1-28-9-7-13-31(39-28)35(44)41-21-16-36(17-22-41)15-8-20-40(33-25-37-18-19-38-33)23-24-42(26-29-10-3-2-4-11-29)34(43)30-12-5-6-14-32(30)45-27-36/h2-7,9-14,18-19,25H,8,15-17,20-24,26-27H2,1H3. The molecule has 4 heterocycles. The van der Waals surface area contributed by atoms with Gasteiger partial charge >= 0.3 is 0 Å². The van der Waals surface area contributed by atoms with Crippen molar-refractivity contribution in [3.63, 3.8) is 0 Å². The van der Waals surface area contributed by atoms with E-state index in [1.165, 1.54) is 0 Å². The quantitative estimate of drug-likeness (QED) is 0.307. The lowest BCUT2D eigenvalue weighted by atomic mass is 9.75. The second-order valence-electron chi connectivity index (χ2n) is 12.1. The Labute approximate surface area is 264 Å². The molecular weight excluding hydrogens is 564 g/mol. The molecule has 45 heavy (non-hydrogen) atoms. The van der Waals surface area contributed by atoms with Gasteiger partial charge < -0.3 is 19.4 Å². The maximum atomic E-state index is 14.2. The molecule has 0 aliphatic carbocycles. The Morgan fingerprint density at radius 3 is 2.44 bits per heavy atom. The first-order valence-electron chi connectivity index (χ1n) is 15.8. The van der Waals surface area contributed by atoms with Crippen LogP contribution in [0.5, 0.6) is 5.75 Å². The number of carbonyl (C=O) groups excluding carboxylic acids is 2. The van der Waals surface area contributed by atoms with Crippen molar-refractivity contribution in [2.24, 2.45) is 5.41 Å².